The summed E-state index contributed by atoms with van der Waals surface area (Å²) in [5.41, 5.74) is 6.37. The van der Waals surface area contributed by atoms with E-state index < -0.39 is 10.0 Å². The van der Waals surface area contributed by atoms with Crippen LogP contribution in [0.25, 0.3) is 0 Å². The second-order valence-electron chi connectivity index (χ2n) is 5.71. The lowest BCUT2D eigenvalue weighted by molar-refractivity contribution is 0.349. The van der Waals surface area contributed by atoms with Crippen molar-refractivity contribution >= 4 is 10.0 Å². The molecule has 1 saturated heterocycles. The first kappa shape index (κ1) is 15.3. The molecule has 2 N–H and O–H groups in total. The van der Waals surface area contributed by atoms with Gasteiger partial charge < -0.3 is 10.5 Å². The predicted octanol–water partition coefficient (Wildman–Crippen LogP) is 1.20. The summed E-state index contributed by atoms with van der Waals surface area (Å²) in [6.45, 7) is 3.61. The average Bonchev–Trinajstić information content (AvgIpc) is 2.83. The molecule has 0 aliphatic carbocycles. The van der Waals surface area contributed by atoms with Crippen molar-refractivity contribution in [3.05, 3.63) is 29.8 Å². The van der Waals surface area contributed by atoms with E-state index in [1.54, 1.807) is 35.7 Å². The van der Waals surface area contributed by atoms with E-state index in [0.29, 0.717) is 25.4 Å². The molecule has 1 aliphatic heterocycles. The lowest BCUT2D eigenvalue weighted by Gasteiger charge is -2.22. The molecule has 0 spiro atoms. The van der Waals surface area contributed by atoms with Crippen LogP contribution in [0.2, 0.25) is 0 Å². The Morgan fingerprint density at radius 3 is 2.80 bits per heavy atom. The summed E-state index contributed by atoms with van der Waals surface area (Å²) < 4.78 is 31.6. The summed E-state index contributed by atoms with van der Waals surface area (Å²) in [5, 5.41) is 0. The molecule has 1 unspecified atom stereocenters. The van der Waals surface area contributed by atoms with Crippen molar-refractivity contribution < 1.29 is 13.2 Å². The molecule has 6 heteroatoms. The molecule has 0 saturated carbocycles. The van der Waals surface area contributed by atoms with Crippen molar-refractivity contribution in [2.45, 2.75) is 19.1 Å². The number of nitrogens with zero attached hydrogens (tertiary/aromatic N) is 1. The van der Waals surface area contributed by atoms with Gasteiger partial charge in [-0.2, -0.15) is 0 Å². The number of nitrogens with two attached hydrogens (primary N) is 1. The maximum atomic E-state index is 12.4. The van der Waals surface area contributed by atoms with Crippen molar-refractivity contribution in [2.75, 3.05) is 26.7 Å². The minimum absolute atomic E-state index is 0.00481. The van der Waals surface area contributed by atoms with Crippen LogP contribution in [0.1, 0.15) is 18.9 Å². The summed E-state index contributed by atoms with van der Waals surface area (Å²) in [7, 11) is -1.73. The number of ether oxygens (including phenoxy) is 1. The molecule has 0 radical (unpaired) electrons. The second kappa shape index (κ2) is 5.71. The number of methoxy groups -OCH3 is 1. The van der Waals surface area contributed by atoms with Crippen LogP contribution in [0.4, 0.5) is 0 Å². The van der Waals surface area contributed by atoms with E-state index in [9.17, 15) is 8.42 Å². The Balaban J connectivity index is 2.12. The van der Waals surface area contributed by atoms with Gasteiger partial charge in [0.05, 0.1) is 12.9 Å². The molecule has 1 heterocycles. The van der Waals surface area contributed by atoms with Gasteiger partial charge in [-0.1, -0.05) is 19.1 Å². The van der Waals surface area contributed by atoms with E-state index in [2.05, 4.69) is 0 Å². The van der Waals surface area contributed by atoms with Gasteiger partial charge in [-0.3, -0.25) is 0 Å². The topological polar surface area (TPSA) is 72.6 Å². The van der Waals surface area contributed by atoms with Crippen molar-refractivity contribution in [1.82, 2.24) is 4.31 Å². The molecule has 2 rings (SSSR count). The molecule has 0 aromatic heterocycles. The number of benzene rings is 1. The third kappa shape index (κ3) is 3.31. The smallest absolute Gasteiger partial charge is 0.218 e. The largest absolute Gasteiger partial charge is 0.497 e. The first-order valence-electron chi connectivity index (χ1n) is 6.69. The van der Waals surface area contributed by atoms with Gasteiger partial charge in [-0.05, 0) is 36.1 Å². The maximum absolute atomic E-state index is 12.4. The van der Waals surface area contributed by atoms with Crippen molar-refractivity contribution in [2.24, 2.45) is 11.1 Å². The van der Waals surface area contributed by atoms with E-state index >= 15 is 0 Å². The lowest BCUT2D eigenvalue weighted by Crippen LogP contribution is -2.35. The highest BCUT2D eigenvalue weighted by Crippen LogP contribution is 2.31. The minimum Gasteiger partial charge on any atom is -0.497 e. The number of rotatable bonds is 5. The summed E-state index contributed by atoms with van der Waals surface area (Å²) >= 11 is 0. The van der Waals surface area contributed by atoms with Gasteiger partial charge in [0.25, 0.3) is 0 Å². The van der Waals surface area contributed by atoms with Gasteiger partial charge in [-0.15, -0.1) is 0 Å². The highest BCUT2D eigenvalue weighted by atomic mass is 32.2. The summed E-state index contributed by atoms with van der Waals surface area (Å²) in [4.78, 5) is 0. The quantitative estimate of drug-likeness (QED) is 0.886. The number of sulfonamides is 1. The van der Waals surface area contributed by atoms with Crippen molar-refractivity contribution in [3.8, 4) is 5.75 Å². The third-order valence-electron chi connectivity index (χ3n) is 3.89. The summed E-state index contributed by atoms with van der Waals surface area (Å²) in [6, 6.07) is 7.17. The fourth-order valence-corrected chi connectivity index (χ4v) is 4.11. The molecule has 1 aromatic carbocycles. The molecule has 112 valence electrons. The van der Waals surface area contributed by atoms with Gasteiger partial charge in [0.2, 0.25) is 10.0 Å². The molecule has 20 heavy (non-hydrogen) atoms. The van der Waals surface area contributed by atoms with Crippen LogP contribution < -0.4 is 10.5 Å². The van der Waals surface area contributed by atoms with E-state index in [0.717, 1.165) is 12.0 Å². The maximum Gasteiger partial charge on any atom is 0.218 e. The minimum atomic E-state index is -3.30. The zero-order valence-corrected chi connectivity index (χ0v) is 12.8. The van der Waals surface area contributed by atoms with Gasteiger partial charge in [0.15, 0.2) is 0 Å². The lowest BCUT2D eigenvalue weighted by atomic mass is 9.90. The van der Waals surface area contributed by atoms with E-state index in [1.807, 2.05) is 6.92 Å². The molecule has 1 aromatic rings. The average molecular weight is 298 g/mol. The van der Waals surface area contributed by atoms with Crippen LogP contribution in [0.5, 0.6) is 5.75 Å². The van der Waals surface area contributed by atoms with Crippen LogP contribution in [0, 0.1) is 5.41 Å². The Morgan fingerprint density at radius 2 is 2.20 bits per heavy atom. The van der Waals surface area contributed by atoms with Gasteiger partial charge in [0.1, 0.15) is 5.75 Å². The van der Waals surface area contributed by atoms with Gasteiger partial charge >= 0.3 is 0 Å². The zero-order chi connectivity index (χ0) is 14.8. The SMILES string of the molecule is COc1cccc(CS(=O)(=O)N2CCC(C)(CN)C2)c1. The van der Waals surface area contributed by atoms with E-state index in [4.69, 9.17) is 10.5 Å². The van der Waals surface area contributed by atoms with Gasteiger partial charge in [-0.25, -0.2) is 12.7 Å². The first-order valence-corrected chi connectivity index (χ1v) is 8.30. The molecule has 1 atom stereocenters. The molecular weight excluding hydrogens is 276 g/mol. The van der Waals surface area contributed by atoms with Crippen LogP contribution >= 0.6 is 0 Å². The molecule has 0 bridgehead atoms. The third-order valence-corrected chi connectivity index (χ3v) is 5.69. The normalized spacial score (nSPS) is 23.9. The Kier molecular flexibility index (Phi) is 4.36. The van der Waals surface area contributed by atoms with Gasteiger partial charge in [0, 0.05) is 13.1 Å². The van der Waals surface area contributed by atoms with E-state index in [-0.39, 0.29) is 11.2 Å². The fraction of sp³-hybridized carbons (Fsp3) is 0.571. The Hall–Kier alpha value is -1.11. The predicted molar refractivity (Wildman–Crippen MR) is 79.0 cm³/mol. The summed E-state index contributed by atoms with van der Waals surface area (Å²) in [5.74, 6) is 0.677. The van der Waals surface area contributed by atoms with E-state index in [1.165, 1.54) is 0 Å². The number of hydrogen-bond acceptors (Lipinski definition) is 4. The highest BCUT2D eigenvalue weighted by molar-refractivity contribution is 7.88. The fourth-order valence-electron chi connectivity index (χ4n) is 2.45. The molecule has 1 aliphatic rings. The highest BCUT2D eigenvalue weighted by Gasteiger charge is 2.38. The number of hydrogen-bond donors (Lipinski definition) is 1. The molecule has 1 fully saturated rings. The Morgan fingerprint density at radius 1 is 1.45 bits per heavy atom. The summed E-state index contributed by atoms with van der Waals surface area (Å²) in [6.07, 6.45) is 0.820. The van der Waals surface area contributed by atoms with Crippen LogP contribution in [-0.4, -0.2) is 39.5 Å². The first-order chi connectivity index (χ1) is 9.38. The van der Waals surface area contributed by atoms with Crippen molar-refractivity contribution in [3.63, 3.8) is 0 Å². The van der Waals surface area contributed by atoms with Crippen LogP contribution in [-0.2, 0) is 15.8 Å². The van der Waals surface area contributed by atoms with Crippen molar-refractivity contribution in [1.29, 1.82) is 0 Å². The molecular formula is C14H22N2O3S. The Bertz CT molecular complexity index is 574. The second-order valence-corrected chi connectivity index (χ2v) is 7.67. The Labute approximate surface area is 120 Å². The molecule has 0 amide bonds. The van der Waals surface area contributed by atoms with Crippen LogP contribution in [0.3, 0.4) is 0 Å². The monoisotopic (exact) mass is 298 g/mol. The standard InChI is InChI=1S/C14H22N2O3S/c1-14(10-15)6-7-16(11-14)20(17,18)9-12-4-3-5-13(8-12)19-2/h3-5,8H,6-7,9-11,15H2,1-2H3. The van der Waals surface area contributed by atoms with Crippen LogP contribution in [0.15, 0.2) is 24.3 Å². The zero-order valence-electron chi connectivity index (χ0n) is 12.0. The molecule has 5 nitrogen and oxygen atoms in total.